The normalized spacial score (nSPS) is 10.8. The van der Waals surface area contributed by atoms with Gasteiger partial charge in [0.1, 0.15) is 17.3 Å². The Morgan fingerprint density at radius 2 is 1.46 bits per heavy atom. The Labute approximate surface area is 215 Å². The van der Waals surface area contributed by atoms with E-state index < -0.39 is 0 Å². The fraction of sp³-hybridized carbons (Fsp3) is 0.172. The molecule has 0 saturated heterocycles. The third kappa shape index (κ3) is 5.21. The highest BCUT2D eigenvalue weighted by atomic mass is 16.5. The van der Waals surface area contributed by atoms with E-state index in [2.05, 4.69) is 21.1 Å². The van der Waals surface area contributed by atoms with Crippen LogP contribution in [0.4, 0.5) is 5.95 Å². The molecule has 2 aromatic heterocycles. The zero-order chi connectivity index (χ0) is 25.8. The number of ether oxygens (including phenoxy) is 2. The van der Waals surface area contributed by atoms with Gasteiger partial charge in [-0.15, -0.1) is 5.10 Å². The van der Waals surface area contributed by atoms with E-state index in [1.54, 1.807) is 24.8 Å². The first-order chi connectivity index (χ1) is 18.1. The van der Waals surface area contributed by atoms with Crippen molar-refractivity contribution in [2.45, 2.75) is 20.0 Å². The second-order valence-corrected chi connectivity index (χ2v) is 8.62. The summed E-state index contributed by atoms with van der Waals surface area (Å²) in [5.41, 5.74) is 5.02. The van der Waals surface area contributed by atoms with Crippen LogP contribution >= 0.6 is 0 Å². The van der Waals surface area contributed by atoms with Crippen LogP contribution in [0.5, 0.6) is 11.5 Å². The van der Waals surface area contributed by atoms with Crippen LogP contribution in [-0.2, 0) is 13.1 Å². The van der Waals surface area contributed by atoms with Crippen molar-refractivity contribution < 1.29 is 9.47 Å². The summed E-state index contributed by atoms with van der Waals surface area (Å²) in [5.74, 6) is 2.91. The molecule has 184 valence electrons. The van der Waals surface area contributed by atoms with Crippen LogP contribution < -0.4 is 14.4 Å². The molecule has 8 nitrogen and oxygen atoms in total. The molecule has 0 aliphatic rings. The molecule has 0 spiro atoms. The highest BCUT2D eigenvalue weighted by Crippen LogP contribution is 2.27. The summed E-state index contributed by atoms with van der Waals surface area (Å²) in [5, 5.41) is 14.1. The van der Waals surface area contributed by atoms with Gasteiger partial charge in [0.2, 0.25) is 5.95 Å². The lowest BCUT2D eigenvalue weighted by Gasteiger charge is -2.25. The summed E-state index contributed by atoms with van der Waals surface area (Å²) < 4.78 is 12.5. The average molecular weight is 491 g/mol. The molecule has 8 heteroatoms. The fourth-order valence-electron chi connectivity index (χ4n) is 4.18. The van der Waals surface area contributed by atoms with Gasteiger partial charge in [-0.25, -0.2) is 9.97 Å². The maximum atomic E-state index is 9.41. The van der Waals surface area contributed by atoms with Crippen LogP contribution in [-0.4, -0.2) is 33.8 Å². The largest absolute Gasteiger partial charge is 0.497 e. The Balaban J connectivity index is 1.63. The van der Waals surface area contributed by atoms with E-state index in [-0.39, 0.29) is 0 Å². The third-order valence-electron chi connectivity index (χ3n) is 6.05. The molecule has 0 fully saturated rings. The smallest absolute Gasteiger partial charge is 0.229 e. The van der Waals surface area contributed by atoms with Gasteiger partial charge >= 0.3 is 0 Å². The van der Waals surface area contributed by atoms with Crippen molar-refractivity contribution in [1.29, 1.82) is 5.26 Å². The number of hydrogen-bond acceptors (Lipinski definition) is 7. The van der Waals surface area contributed by atoms with Crippen molar-refractivity contribution in [3.8, 4) is 28.8 Å². The summed E-state index contributed by atoms with van der Waals surface area (Å²) in [7, 11) is 3.32. The molecule has 0 aliphatic carbocycles. The van der Waals surface area contributed by atoms with Crippen molar-refractivity contribution >= 4 is 11.6 Å². The van der Waals surface area contributed by atoms with Crippen molar-refractivity contribution in [3.05, 3.63) is 101 Å². The van der Waals surface area contributed by atoms with Gasteiger partial charge in [-0.2, -0.15) is 9.78 Å². The van der Waals surface area contributed by atoms with Gasteiger partial charge < -0.3 is 14.4 Å². The number of nitriles is 1. The maximum absolute atomic E-state index is 9.41. The maximum Gasteiger partial charge on any atom is 0.229 e. The van der Waals surface area contributed by atoms with E-state index in [1.165, 1.54) is 0 Å². The molecule has 5 rings (SSSR count). The Morgan fingerprint density at radius 3 is 2.03 bits per heavy atom. The molecular weight excluding hydrogens is 464 g/mol. The number of nitrogens with zero attached hydrogens (tertiary/aromatic N) is 6. The second-order valence-electron chi connectivity index (χ2n) is 8.62. The molecule has 0 bridgehead atoms. The first kappa shape index (κ1) is 23.8. The van der Waals surface area contributed by atoms with Gasteiger partial charge in [0.15, 0.2) is 5.65 Å². The number of aromatic nitrogens is 4. The summed E-state index contributed by atoms with van der Waals surface area (Å²) in [4.78, 5) is 11.8. The monoisotopic (exact) mass is 490 g/mol. The molecular formula is C29H26N6O2. The predicted molar refractivity (Wildman–Crippen MR) is 142 cm³/mol. The van der Waals surface area contributed by atoms with E-state index in [0.29, 0.717) is 36.1 Å². The first-order valence-corrected chi connectivity index (χ1v) is 11.8. The molecule has 3 aromatic carbocycles. The summed E-state index contributed by atoms with van der Waals surface area (Å²) >= 11 is 0. The van der Waals surface area contributed by atoms with Gasteiger partial charge in [0, 0.05) is 24.7 Å². The molecule has 37 heavy (non-hydrogen) atoms. The first-order valence-electron chi connectivity index (χ1n) is 11.8. The fourth-order valence-corrected chi connectivity index (χ4v) is 4.18. The Kier molecular flexibility index (Phi) is 6.68. The summed E-state index contributed by atoms with van der Waals surface area (Å²) in [6, 6.07) is 27.5. The lowest BCUT2D eigenvalue weighted by molar-refractivity contribution is 0.414. The number of rotatable bonds is 8. The number of benzene rings is 3. The lowest BCUT2D eigenvalue weighted by atomic mass is 10.1. The standard InChI is InChI=1S/C29H26N6O2/c1-20-31-28-16-27(24-6-4-5-23(15-24)17-30)32-29(35(28)33-20)34(18-21-7-11-25(36-2)12-8-21)19-22-9-13-26(37-3)14-10-22/h4-16H,18-19H2,1-3H3. The minimum absolute atomic E-state index is 0.576. The summed E-state index contributed by atoms with van der Waals surface area (Å²) in [6.07, 6.45) is 0. The van der Waals surface area contributed by atoms with E-state index in [0.717, 1.165) is 33.9 Å². The molecule has 5 aromatic rings. The Morgan fingerprint density at radius 1 is 0.838 bits per heavy atom. The van der Waals surface area contributed by atoms with Crippen molar-refractivity contribution in [1.82, 2.24) is 19.6 Å². The molecule has 0 atom stereocenters. The summed E-state index contributed by atoms with van der Waals surface area (Å²) in [6.45, 7) is 3.03. The van der Waals surface area contributed by atoms with Crippen molar-refractivity contribution in [2.75, 3.05) is 19.1 Å². The zero-order valence-electron chi connectivity index (χ0n) is 20.9. The minimum atomic E-state index is 0.576. The molecule has 0 radical (unpaired) electrons. The Hall–Kier alpha value is -4.90. The molecule has 2 heterocycles. The zero-order valence-corrected chi connectivity index (χ0v) is 20.9. The van der Waals surface area contributed by atoms with E-state index >= 15 is 0 Å². The average Bonchev–Trinajstić information content (AvgIpc) is 3.33. The third-order valence-corrected chi connectivity index (χ3v) is 6.05. The number of hydrogen-bond donors (Lipinski definition) is 0. The van der Waals surface area contributed by atoms with Crippen LogP contribution in [0.3, 0.4) is 0 Å². The molecule has 0 unspecified atom stereocenters. The molecule has 0 aliphatic heterocycles. The van der Waals surface area contributed by atoms with Crippen LogP contribution in [0.2, 0.25) is 0 Å². The number of anilines is 1. The van der Waals surface area contributed by atoms with Crippen molar-refractivity contribution in [3.63, 3.8) is 0 Å². The van der Waals surface area contributed by atoms with Crippen LogP contribution in [0.15, 0.2) is 78.9 Å². The molecule has 0 saturated carbocycles. The van der Waals surface area contributed by atoms with Crippen LogP contribution in [0.25, 0.3) is 16.9 Å². The van der Waals surface area contributed by atoms with E-state index in [9.17, 15) is 5.26 Å². The topological polar surface area (TPSA) is 88.6 Å². The lowest BCUT2D eigenvalue weighted by Crippen LogP contribution is -2.26. The quantitative estimate of drug-likeness (QED) is 0.296. The highest BCUT2D eigenvalue weighted by molar-refractivity contribution is 5.67. The van der Waals surface area contributed by atoms with E-state index in [1.807, 2.05) is 79.7 Å². The minimum Gasteiger partial charge on any atom is -0.497 e. The molecule has 0 N–H and O–H groups in total. The van der Waals surface area contributed by atoms with E-state index in [4.69, 9.17) is 14.5 Å². The highest BCUT2D eigenvalue weighted by Gasteiger charge is 2.19. The van der Waals surface area contributed by atoms with Gasteiger partial charge in [-0.1, -0.05) is 36.4 Å². The number of methoxy groups -OCH3 is 2. The van der Waals surface area contributed by atoms with Gasteiger partial charge in [-0.05, 0) is 54.4 Å². The van der Waals surface area contributed by atoms with Gasteiger partial charge in [-0.3, -0.25) is 0 Å². The second kappa shape index (κ2) is 10.4. The van der Waals surface area contributed by atoms with Gasteiger partial charge in [0.25, 0.3) is 0 Å². The van der Waals surface area contributed by atoms with Gasteiger partial charge in [0.05, 0.1) is 31.5 Å². The predicted octanol–water partition coefficient (Wildman–Crippen LogP) is 5.20. The molecule has 0 amide bonds. The number of aryl methyl sites for hydroxylation is 1. The van der Waals surface area contributed by atoms with Crippen LogP contribution in [0, 0.1) is 18.3 Å². The van der Waals surface area contributed by atoms with Crippen molar-refractivity contribution in [2.24, 2.45) is 0 Å². The Bertz CT molecular complexity index is 1520. The SMILES string of the molecule is COc1ccc(CN(Cc2ccc(OC)cc2)c2nc(-c3cccc(C#N)c3)cc3nc(C)nn23)cc1. The number of fused-ring (bicyclic) bond motifs is 1. The van der Waals surface area contributed by atoms with Crippen LogP contribution in [0.1, 0.15) is 22.5 Å².